The van der Waals surface area contributed by atoms with Gasteiger partial charge in [0.25, 0.3) is 0 Å². The highest BCUT2D eigenvalue weighted by Crippen LogP contribution is 2.39. The lowest BCUT2D eigenvalue weighted by atomic mass is 9.91. The summed E-state index contributed by atoms with van der Waals surface area (Å²) in [5.41, 5.74) is -3.94. The second kappa shape index (κ2) is 4.37. The van der Waals surface area contributed by atoms with Gasteiger partial charge in [-0.15, -0.1) is 0 Å². The molecule has 1 unspecified atom stereocenters. The standard InChI is InChI=1S/C11H11F3O3/c1-10(16,11(12,13)14)8-6-4-3-5-7(8)9(15)17-2/h3-6,16H,1-2H3. The van der Waals surface area contributed by atoms with Gasteiger partial charge in [-0.05, 0) is 13.0 Å². The number of aliphatic hydroxyl groups is 1. The van der Waals surface area contributed by atoms with Crippen molar-refractivity contribution in [2.75, 3.05) is 7.11 Å². The molecule has 0 aromatic heterocycles. The van der Waals surface area contributed by atoms with Gasteiger partial charge in [0.05, 0.1) is 12.7 Å². The molecule has 0 fully saturated rings. The van der Waals surface area contributed by atoms with Gasteiger partial charge in [0.1, 0.15) is 0 Å². The quantitative estimate of drug-likeness (QED) is 0.816. The Morgan fingerprint density at radius 2 is 1.82 bits per heavy atom. The average molecular weight is 248 g/mol. The molecule has 1 rings (SSSR count). The van der Waals surface area contributed by atoms with E-state index in [0.29, 0.717) is 6.92 Å². The van der Waals surface area contributed by atoms with Crippen LogP contribution in [0.2, 0.25) is 0 Å². The monoisotopic (exact) mass is 248 g/mol. The number of halogens is 3. The molecule has 0 aliphatic carbocycles. The van der Waals surface area contributed by atoms with Gasteiger partial charge in [-0.1, -0.05) is 18.2 Å². The van der Waals surface area contributed by atoms with Crippen LogP contribution in [0.4, 0.5) is 13.2 Å². The molecule has 0 saturated carbocycles. The molecule has 1 aromatic rings. The third-order valence-corrected chi connectivity index (χ3v) is 2.41. The molecule has 0 aliphatic rings. The second-order valence-corrected chi connectivity index (χ2v) is 3.61. The minimum atomic E-state index is -4.88. The molecule has 94 valence electrons. The van der Waals surface area contributed by atoms with Crippen molar-refractivity contribution >= 4 is 5.97 Å². The van der Waals surface area contributed by atoms with Crippen molar-refractivity contribution < 1.29 is 27.8 Å². The van der Waals surface area contributed by atoms with Crippen LogP contribution in [0.1, 0.15) is 22.8 Å². The number of alkyl halides is 3. The number of carbonyl (C=O) groups excluding carboxylic acids is 1. The van der Waals surface area contributed by atoms with E-state index in [1.807, 2.05) is 0 Å². The second-order valence-electron chi connectivity index (χ2n) is 3.61. The van der Waals surface area contributed by atoms with Gasteiger partial charge < -0.3 is 9.84 Å². The van der Waals surface area contributed by atoms with E-state index in [9.17, 15) is 23.1 Å². The average Bonchev–Trinajstić information content (AvgIpc) is 2.26. The largest absolute Gasteiger partial charge is 0.465 e. The maximum atomic E-state index is 12.7. The molecule has 1 N–H and O–H groups in total. The van der Waals surface area contributed by atoms with Crippen LogP contribution >= 0.6 is 0 Å². The summed E-state index contributed by atoms with van der Waals surface area (Å²) in [6.45, 7) is 0.592. The summed E-state index contributed by atoms with van der Waals surface area (Å²) >= 11 is 0. The van der Waals surface area contributed by atoms with E-state index in [-0.39, 0.29) is 5.56 Å². The molecule has 1 aromatic carbocycles. The summed E-state index contributed by atoms with van der Waals surface area (Å²) in [5.74, 6) is -0.926. The van der Waals surface area contributed by atoms with Crippen molar-refractivity contribution in [2.45, 2.75) is 18.7 Å². The van der Waals surface area contributed by atoms with Crippen molar-refractivity contribution in [2.24, 2.45) is 0 Å². The molecular formula is C11H11F3O3. The van der Waals surface area contributed by atoms with Gasteiger partial charge in [-0.3, -0.25) is 0 Å². The van der Waals surface area contributed by atoms with Crippen LogP contribution < -0.4 is 0 Å². The summed E-state index contributed by atoms with van der Waals surface area (Å²) in [6.07, 6.45) is -4.88. The summed E-state index contributed by atoms with van der Waals surface area (Å²) in [6, 6.07) is 4.91. The summed E-state index contributed by atoms with van der Waals surface area (Å²) in [7, 11) is 1.06. The van der Waals surface area contributed by atoms with E-state index in [1.54, 1.807) is 0 Å². The van der Waals surface area contributed by atoms with Gasteiger partial charge >= 0.3 is 12.1 Å². The Hall–Kier alpha value is -1.56. The van der Waals surface area contributed by atoms with E-state index in [4.69, 9.17) is 0 Å². The van der Waals surface area contributed by atoms with Gasteiger partial charge in [-0.25, -0.2) is 4.79 Å². The van der Waals surface area contributed by atoms with E-state index in [2.05, 4.69) is 4.74 Å². The lowest BCUT2D eigenvalue weighted by molar-refractivity contribution is -0.259. The molecule has 1 atom stereocenters. The SMILES string of the molecule is COC(=O)c1ccccc1C(C)(O)C(F)(F)F. The van der Waals surface area contributed by atoms with Crippen molar-refractivity contribution in [1.82, 2.24) is 0 Å². The van der Waals surface area contributed by atoms with Gasteiger partial charge in [-0.2, -0.15) is 13.2 Å². The molecule has 3 nitrogen and oxygen atoms in total. The third-order valence-electron chi connectivity index (χ3n) is 2.41. The molecule has 0 heterocycles. The van der Waals surface area contributed by atoms with E-state index in [1.165, 1.54) is 18.2 Å². The van der Waals surface area contributed by atoms with Crippen LogP contribution in [0.15, 0.2) is 24.3 Å². The fourth-order valence-electron chi connectivity index (χ4n) is 1.35. The lowest BCUT2D eigenvalue weighted by Gasteiger charge is -2.28. The normalized spacial score (nSPS) is 15.2. The number of ether oxygens (including phenoxy) is 1. The van der Waals surface area contributed by atoms with Crippen LogP contribution in [-0.4, -0.2) is 24.4 Å². The zero-order valence-electron chi connectivity index (χ0n) is 9.21. The summed E-state index contributed by atoms with van der Waals surface area (Å²) in [4.78, 5) is 11.3. The van der Waals surface area contributed by atoms with Crippen LogP contribution in [0, 0.1) is 0 Å². The fourth-order valence-corrected chi connectivity index (χ4v) is 1.35. The molecular weight excluding hydrogens is 237 g/mol. The first-order valence-corrected chi connectivity index (χ1v) is 4.68. The number of rotatable bonds is 2. The molecule has 0 saturated heterocycles. The minimum absolute atomic E-state index is 0.308. The zero-order valence-corrected chi connectivity index (χ0v) is 9.21. The number of hydrogen-bond acceptors (Lipinski definition) is 3. The van der Waals surface area contributed by atoms with Crippen LogP contribution in [0.3, 0.4) is 0 Å². The van der Waals surface area contributed by atoms with Crippen LogP contribution in [0.25, 0.3) is 0 Å². The number of esters is 1. The number of benzene rings is 1. The molecule has 0 bridgehead atoms. The highest BCUT2D eigenvalue weighted by molar-refractivity contribution is 5.91. The topological polar surface area (TPSA) is 46.5 Å². The Kier molecular flexibility index (Phi) is 3.47. The van der Waals surface area contributed by atoms with Gasteiger partial charge in [0.15, 0.2) is 5.60 Å². The molecule has 17 heavy (non-hydrogen) atoms. The Labute approximate surface area is 95.8 Å². The zero-order chi connectivity index (χ0) is 13.3. The molecule has 0 radical (unpaired) electrons. The number of methoxy groups -OCH3 is 1. The summed E-state index contributed by atoms with van der Waals surface area (Å²) < 4.78 is 42.4. The fraction of sp³-hybridized carbons (Fsp3) is 0.364. The smallest absolute Gasteiger partial charge is 0.421 e. The third kappa shape index (κ3) is 2.41. The van der Waals surface area contributed by atoms with Gasteiger partial charge in [0, 0.05) is 5.56 Å². The molecule has 0 amide bonds. The van der Waals surface area contributed by atoms with Crippen LogP contribution in [0.5, 0.6) is 0 Å². The molecule has 0 aliphatic heterocycles. The minimum Gasteiger partial charge on any atom is -0.465 e. The van der Waals surface area contributed by atoms with Crippen LogP contribution in [-0.2, 0) is 10.3 Å². The molecule has 6 heteroatoms. The predicted octanol–water partition coefficient (Wildman–Crippen LogP) is 2.24. The number of hydrogen-bond donors (Lipinski definition) is 1. The summed E-state index contributed by atoms with van der Waals surface area (Å²) in [5, 5.41) is 9.51. The van der Waals surface area contributed by atoms with E-state index in [0.717, 1.165) is 13.2 Å². The van der Waals surface area contributed by atoms with Crippen molar-refractivity contribution in [3.8, 4) is 0 Å². The van der Waals surface area contributed by atoms with Gasteiger partial charge in [0.2, 0.25) is 0 Å². The Bertz CT molecular complexity index is 424. The van der Waals surface area contributed by atoms with Crippen molar-refractivity contribution in [3.63, 3.8) is 0 Å². The first-order valence-electron chi connectivity index (χ1n) is 4.68. The first-order chi connectivity index (χ1) is 7.71. The first kappa shape index (κ1) is 13.5. The van der Waals surface area contributed by atoms with Crippen molar-refractivity contribution in [3.05, 3.63) is 35.4 Å². The highest BCUT2D eigenvalue weighted by atomic mass is 19.4. The Morgan fingerprint density at radius 1 is 1.29 bits per heavy atom. The maximum Gasteiger partial charge on any atom is 0.421 e. The predicted molar refractivity (Wildman–Crippen MR) is 53.4 cm³/mol. The maximum absolute atomic E-state index is 12.7. The van der Waals surface area contributed by atoms with E-state index >= 15 is 0 Å². The number of carbonyl (C=O) groups is 1. The van der Waals surface area contributed by atoms with Crippen molar-refractivity contribution in [1.29, 1.82) is 0 Å². The van der Waals surface area contributed by atoms with E-state index < -0.39 is 23.3 Å². The Morgan fingerprint density at radius 3 is 2.29 bits per heavy atom. The highest BCUT2D eigenvalue weighted by Gasteiger charge is 2.52. The Balaban J connectivity index is 3.37. The lowest BCUT2D eigenvalue weighted by Crippen LogP contribution is -2.40. The molecule has 0 spiro atoms.